The van der Waals surface area contributed by atoms with Gasteiger partial charge in [-0.25, -0.2) is 9.78 Å². The van der Waals surface area contributed by atoms with E-state index in [-0.39, 0.29) is 5.91 Å². The first-order chi connectivity index (χ1) is 11.2. The van der Waals surface area contributed by atoms with E-state index in [1.807, 2.05) is 4.90 Å². The maximum atomic E-state index is 12.4. The molecule has 3 rings (SSSR count). The highest BCUT2D eigenvalue weighted by atomic mass is 32.1. The van der Waals surface area contributed by atoms with E-state index in [9.17, 15) is 9.59 Å². The van der Waals surface area contributed by atoms with E-state index in [0.29, 0.717) is 11.7 Å². The van der Waals surface area contributed by atoms with Crippen LogP contribution in [0.1, 0.15) is 29.8 Å². The van der Waals surface area contributed by atoms with Gasteiger partial charge in [0.1, 0.15) is 0 Å². The van der Waals surface area contributed by atoms with Gasteiger partial charge < -0.3 is 9.64 Å². The molecule has 0 spiro atoms. The van der Waals surface area contributed by atoms with Gasteiger partial charge in [0, 0.05) is 37.5 Å². The molecule has 0 bridgehead atoms. The maximum absolute atomic E-state index is 12.4. The Hall–Kier alpha value is -1.67. The molecule has 2 amide bonds. The van der Waals surface area contributed by atoms with Gasteiger partial charge in [0.2, 0.25) is 5.91 Å². The number of thiazole rings is 1. The van der Waals surface area contributed by atoms with E-state index in [4.69, 9.17) is 0 Å². The van der Waals surface area contributed by atoms with Gasteiger partial charge in [-0.1, -0.05) is 11.3 Å². The molecule has 0 saturated carbocycles. The molecule has 7 nitrogen and oxygen atoms in total. The lowest BCUT2D eigenvalue weighted by Gasteiger charge is -2.31. The van der Waals surface area contributed by atoms with Crippen LogP contribution >= 0.6 is 11.3 Å². The molecule has 1 saturated heterocycles. The number of hydrogen-bond donors (Lipinski definition) is 1. The monoisotopic (exact) mass is 338 g/mol. The molecule has 23 heavy (non-hydrogen) atoms. The van der Waals surface area contributed by atoms with Crippen molar-refractivity contribution in [3.05, 3.63) is 10.6 Å². The number of rotatable bonds is 3. The number of hydrogen-bond acceptors (Lipinski definition) is 6. The van der Waals surface area contributed by atoms with Crippen molar-refractivity contribution in [3.8, 4) is 0 Å². The molecule has 0 aliphatic carbocycles. The summed E-state index contributed by atoms with van der Waals surface area (Å²) in [5.41, 5.74) is 1.02. The van der Waals surface area contributed by atoms with E-state index >= 15 is 0 Å². The number of aromatic nitrogens is 1. The van der Waals surface area contributed by atoms with Crippen molar-refractivity contribution in [2.45, 2.75) is 32.2 Å². The number of anilines is 1. The Labute approximate surface area is 139 Å². The Morgan fingerprint density at radius 2 is 2.04 bits per heavy atom. The Kier molecular flexibility index (Phi) is 5.12. The summed E-state index contributed by atoms with van der Waals surface area (Å²) in [5, 5.41) is 3.17. The number of ether oxygens (including phenoxy) is 1. The van der Waals surface area contributed by atoms with Crippen LogP contribution in [0.2, 0.25) is 0 Å². The normalized spacial score (nSPS) is 18.4. The molecule has 8 heteroatoms. The Bertz CT molecular complexity index is 583. The van der Waals surface area contributed by atoms with Crippen molar-refractivity contribution >= 4 is 28.5 Å². The molecule has 0 radical (unpaired) electrons. The lowest BCUT2D eigenvalue weighted by atomic mass is 10.1. The molecule has 1 fully saturated rings. The fraction of sp³-hybridized carbons (Fsp3) is 0.667. The number of carbonyl (C=O) groups is 2. The van der Waals surface area contributed by atoms with E-state index in [1.165, 1.54) is 24.9 Å². The fourth-order valence-electron chi connectivity index (χ4n) is 3.01. The Morgan fingerprint density at radius 3 is 2.78 bits per heavy atom. The summed E-state index contributed by atoms with van der Waals surface area (Å²) in [6.45, 7) is 3.80. The highest BCUT2D eigenvalue weighted by molar-refractivity contribution is 7.15. The van der Waals surface area contributed by atoms with Crippen LogP contribution in [0.4, 0.5) is 9.93 Å². The summed E-state index contributed by atoms with van der Waals surface area (Å²) < 4.78 is 4.58. The van der Waals surface area contributed by atoms with Gasteiger partial charge in [0.05, 0.1) is 19.3 Å². The SMILES string of the molecule is COC(=O)Nc1nc2c(s1)CN(CC(=O)N1CCCCC1)CC2. The van der Waals surface area contributed by atoms with E-state index in [2.05, 4.69) is 19.9 Å². The predicted molar refractivity (Wildman–Crippen MR) is 87.6 cm³/mol. The number of methoxy groups -OCH3 is 1. The van der Waals surface area contributed by atoms with E-state index < -0.39 is 6.09 Å². The van der Waals surface area contributed by atoms with Crippen LogP contribution in [0.3, 0.4) is 0 Å². The highest BCUT2D eigenvalue weighted by Crippen LogP contribution is 2.28. The number of nitrogens with zero attached hydrogens (tertiary/aromatic N) is 3. The molecular weight excluding hydrogens is 316 g/mol. The lowest BCUT2D eigenvalue weighted by molar-refractivity contribution is -0.133. The van der Waals surface area contributed by atoms with Crippen LogP contribution < -0.4 is 5.32 Å². The summed E-state index contributed by atoms with van der Waals surface area (Å²) in [7, 11) is 1.33. The Morgan fingerprint density at radius 1 is 1.26 bits per heavy atom. The number of amides is 2. The molecule has 2 aliphatic rings. The minimum absolute atomic E-state index is 0.227. The molecule has 0 atom stereocenters. The van der Waals surface area contributed by atoms with Gasteiger partial charge in [0.15, 0.2) is 5.13 Å². The largest absolute Gasteiger partial charge is 0.453 e. The summed E-state index contributed by atoms with van der Waals surface area (Å²) in [6.07, 6.45) is 3.77. The van der Waals surface area contributed by atoms with Crippen LogP contribution in [-0.4, -0.2) is 60.1 Å². The average molecular weight is 338 g/mol. The molecular formula is C15H22N4O3S. The lowest BCUT2D eigenvalue weighted by Crippen LogP contribution is -2.43. The van der Waals surface area contributed by atoms with E-state index in [1.54, 1.807) is 0 Å². The zero-order valence-corrected chi connectivity index (χ0v) is 14.2. The van der Waals surface area contributed by atoms with Gasteiger partial charge in [-0.15, -0.1) is 0 Å². The minimum Gasteiger partial charge on any atom is -0.453 e. The van der Waals surface area contributed by atoms with Crippen molar-refractivity contribution in [3.63, 3.8) is 0 Å². The quantitative estimate of drug-likeness (QED) is 0.908. The minimum atomic E-state index is -0.506. The third-order valence-corrected chi connectivity index (χ3v) is 5.27. The summed E-state index contributed by atoms with van der Waals surface area (Å²) in [4.78, 5) is 33.3. The molecule has 1 aromatic rings. The maximum Gasteiger partial charge on any atom is 0.413 e. The zero-order valence-electron chi connectivity index (χ0n) is 13.3. The van der Waals surface area contributed by atoms with Crippen LogP contribution in [0.25, 0.3) is 0 Å². The van der Waals surface area contributed by atoms with Gasteiger partial charge in [-0.3, -0.25) is 15.0 Å². The number of nitrogens with one attached hydrogen (secondary N) is 1. The first-order valence-corrected chi connectivity index (χ1v) is 8.81. The molecule has 1 aromatic heterocycles. The van der Waals surface area contributed by atoms with Crippen molar-refractivity contribution in [1.82, 2.24) is 14.8 Å². The first-order valence-electron chi connectivity index (χ1n) is 7.99. The highest BCUT2D eigenvalue weighted by Gasteiger charge is 2.25. The summed E-state index contributed by atoms with van der Waals surface area (Å²) in [6, 6.07) is 0. The molecule has 0 aromatic carbocycles. The number of likely N-dealkylation sites (tertiary alicyclic amines) is 1. The molecule has 1 N–H and O–H groups in total. The second-order valence-corrected chi connectivity index (χ2v) is 6.99. The second kappa shape index (κ2) is 7.27. The van der Waals surface area contributed by atoms with Crippen molar-refractivity contribution in [2.24, 2.45) is 0 Å². The van der Waals surface area contributed by atoms with Gasteiger partial charge in [-0.2, -0.15) is 0 Å². The van der Waals surface area contributed by atoms with Crippen LogP contribution in [0, 0.1) is 0 Å². The van der Waals surface area contributed by atoms with Crippen molar-refractivity contribution in [2.75, 3.05) is 38.6 Å². The topological polar surface area (TPSA) is 74.8 Å². The third kappa shape index (κ3) is 4.00. The Balaban J connectivity index is 1.57. The van der Waals surface area contributed by atoms with Gasteiger partial charge >= 0.3 is 6.09 Å². The molecule has 126 valence electrons. The van der Waals surface area contributed by atoms with Crippen molar-refractivity contribution < 1.29 is 14.3 Å². The van der Waals surface area contributed by atoms with Crippen molar-refractivity contribution in [1.29, 1.82) is 0 Å². The van der Waals surface area contributed by atoms with Crippen LogP contribution in [-0.2, 0) is 22.5 Å². The van der Waals surface area contributed by atoms with Crippen LogP contribution in [0.5, 0.6) is 0 Å². The predicted octanol–water partition coefficient (Wildman–Crippen LogP) is 1.69. The molecule has 0 unspecified atom stereocenters. The molecule has 3 heterocycles. The second-order valence-electron chi connectivity index (χ2n) is 5.91. The van der Waals surface area contributed by atoms with Gasteiger partial charge in [0.25, 0.3) is 0 Å². The summed E-state index contributed by atoms with van der Waals surface area (Å²) in [5.74, 6) is 0.227. The van der Waals surface area contributed by atoms with E-state index in [0.717, 1.165) is 56.0 Å². The average Bonchev–Trinajstić information content (AvgIpc) is 2.96. The van der Waals surface area contributed by atoms with Crippen LogP contribution in [0.15, 0.2) is 0 Å². The third-order valence-electron chi connectivity index (χ3n) is 4.27. The van der Waals surface area contributed by atoms with Gasteiger partial charge in [-0.05, 0) is 19.3 Å². The summed E-state index contributed by atoms with van der Waals surface area (Å²) >= 11 is 1.46. The number of carbonyl (C=O) groups excluding carboxylic acids is 2. The zero-order chi connectivity index (χ0) is 16.2. The number of piperidine rings is 1. The fourth-order valence-corrected chi connectivity index (χ4v) is 4.05. The standard InChI is InChI=1S/C15H22N4O3S/c1-22-15(21)17-14-16-11-5-8-18(9-12(11)23-14)10-13(20)19-6-3-2-4-7-19/h2-10H2,1H3,(H,16,17,21). The number of fused-ring (bicyclic) bond motifs is 1. The smallest absolute Gasteiger partial charge is 0.413 e. The molecule has 2 aliphatic heterocycles. The first kappa shape index (κ1) is 16.2.